The number of nitrogens with zero attached hydrogens (tertiary/aromatic N) is 3. The number of hydrogen-bond acceptors (Lipinski definition) is 5. The van der Waals surface area contributed by atoms with Gasteiger partial charge < -0.3 is 10.2 Å². The summed E-state index contributed by atoms with van der Waals surface area (Å²) in [7, 11) is -0.125. The van der Waals surface area contributed by atoms with Crippen LogP contribution in [0.15, 0.2) is 23.4 Å². The number of anilines is 1. The average Bonchev–Trinajstić information content (AvgIpc) is 2.54. The fourth-order valence-electron chi connectivity index (χ4n) is 2.74. The SMILES string of the molecule is CCN1CCC(N(C)S(=O)(=O)c2cnccc2NC)CC1. The predicted molar refractivity (Wildman–Crippen MR) is 83.9 cm³/mol. The third-order valence-corrected chi connectivity index (χ3v) is 6.17. The molecule has 1 aromatic heterocycles. The number of aromatic nitrogens is 1. The Kier molecular flexibility index (Phi) is 5.18. The molecule has 1 saturated heterocycles. The Morgan fingerprint density at radius 3 is 2.67 bits per heavy atom. The number of nitrogens with one attached hydrogen (secondary N) is 1. The molecule has 2 rings (SSSR count). The Morgan fingerprint density at radius 2 is 2.10 bits per heavy atom. The average molecular weight is 312 g/mol. The number of piperidine rings is 1. The van der Waals surface area contributed by atoms with E-state index in [2.05, 4.69) is 22.1 Å². The van der Waals surface area contributed by atoms with Crippen molar-refractivity contribution in [1.29, 1.82) is 0 Å². The summed E-state index contributed by atoms with van der Waals surface area (Å²) in [6, 6.07) is 1.74. The molecule has 6 nitrogen and oxygen atoms in total. The normalized spacial score (nSPS) is 18.1. The molecule has 1 N–H and O–H groups in total. The Bertz CT molecular complexity index is 568. The molecule has 0 bridgehead atoms. The van der Waals surface area contributed by atoms with Gasteiger partial charge in [-0.1, -0.05) is 6.92 Å². The molecule has 0 spiro atoms. The largest absolute Gasteiger partial charge is 0.387 e. The van der Waals surface area contributed by atoms with Gasteiger partial charge in [0.15, 0.2) is 0 Å². The summed E-state index contributed by atoms with van der Waals surface area (Å²) in [6.07, 6.45) is 4.75. The van der Waals surface area contributed by atoms with Crippen molar-refractivity contribution in [2.75, 3.05) is 39.0 Å². The molecule has 0 radical (unpaired) electrons. The summed E-state index contributed by atoms with van der Waals surface area (Å²) >= 11 is 0. The van der Waals surface area contributed by atoms with E-state index < -0.39 is 10.0 Å². The molecular weight excluding hydrogens is 288 g/mol. The lowest BCUT2D eigenvalue weighted by molar-refractivity contribution is 0.176. The fraction of sp³-hybridized carbons (Fsp3) is 0.643. The summed E-state index contributed by atoms with van der Waals surface area (Å²) in [4.78, 5) is 6.55. The molecule has 2 heterocycles. The van der Waals surface area contributed by atoms with Gasteiger partial charge in [-0.2, -0.15) is 4.31 Å². The zero-order valence-corrected chi connectivity index (χ0v) is 13.7. The van der Waals surface area contributed by atoms with Gasteiger partial charge >= 0.3 is 0 Å². The molecule has 0 atom stereocenters. The second-order valence-electron chi connectivity index (χ2n) is 5.31. The third-order valence-electron chi connectivity index (χ3n) is 4.23. The molecule has 0 amide bonds. The summed E-state index contributed by atoms with van der Waals surface area (Å²) in [6.45, 7) is 5.06. The maximum Gasteiger partial charge on any atom is 0.246 e. The van der Waals surface area contributed by atoms with Crippen LogP contribution in [-0.2, 0) is 10.0 Å². The van der Waals surface area contributed by atoms with Gasteiger partial charge in [-0.3, -0.25) is 4.98 Å². The maximum absolute atomic E-state index is 12.8. The Hall–Kier alpha value is -1.18. The van der Waals surface area contributed by atoms with Crippen LogP contribution in [-0.4, -0.2) is 62.4 Å². The van der Waals surface area contributed by atoms with Gasteiger partial charge in [0.25, 0.3) is 0 Å². The van der Waals surface area contributed by atoms with Crippen LogP contribution in [0.1, 0.15) is 19.8 Å². The minimum atomic E-state index is -3.52. The molecule has 0 unspecified atom stereocenters. The first-order valence-corrected chi connectivity index (χ1v) is 8.76. The Morgan fingerprint density at radius 1 is 1.43 bits per heavy atom. The van der Waals surface area contributed by atoms with Gasteiger partial charge in [-0.05, 0) is 38.5 Å². The summed E-state index contributed by atoms with van der Waals surface area (Å²) < 4.78 is 27.1. The molecule has 1 aliphatic rings. The van der Waals surface area contributed by atoms with Crippen LogP contribution >= 0.6 is 0 Å². The maximum atomic E-state index is 12.8. The monoisotopic (exact) mass is 312 g/mol. The van der Waals surface area contributed by atoms with E-state index in [1.54, 1.807) is 26.4 Å². The van der Waals surface area contributed by atoms with Gasteiger partial charge in [0, 0.05) is 32.5 Å². The van der Waals surface area contributed by atoms with E-state index in [0.29, 0.717) is 5.69 Å². The quantitative estimate of drug-likeness (QED) is 0.886. The summed E-state index contributed by atoms with van der Waals surface area (Å²) in [5.74, 6) is 0. The summed E-state index contributed by atoms with van der Waals surface area (Å²) in [5.41, 5.74) is 0.586. The highest BCUT2D eigenvalue weighted by atomic mass is 32.2. The second kappa shape index (κ2) is 6.72. The van der Waals surface area contributed by atoms with Crippen molar-refractivity contribution >= 4 is 15.7 Å². The first kappa shape index (κ1) is 16.2. The smallest absolute Gasteiger partial charge is 0.246 e. The molecular formula is C14H24N4O2S. The molecule has 0 aliphatic carbocycles. The lowest BCUT2D eigenvalue weighted by Crippen LogP contribution is -2.45. The van der Waals surface area contributed by atoms with Crippen LogP contribution in [0.2, 0.25) is 0 Å². The second-order valence-corrected chi connectivity index (χ2v) is 7.27. The number of rotatable bonds is 5. The van der Waals surface area contributed by atoms with Crippen LogP contribution < -0.4 is 5.32 Å². The Labute approximate surface area is 127 Å². The van der Waals surface area contributed by atoms with Crippen LogP contribution in [0.3, 0.4) is 0 Å². The van der Waals surface area contributed by atoms with Gasteiger partial charge in [0.1, 0.15) is 4.90 Å². The number of pyridine rings is 1. The summed E-state index contributed by atoms with van der Waals surface area (Å²) in [5, 5.41) is 2.92. The molecule has 0 aromatic carbocycles. The third kappa shape index (κ3) is 3.36. The minimum Gasteiger partial charge on any atom is -0.387 e. The molecule has 7 heteroatoms. The van der Waals surface area contributed by atoms with Crippen molar-refractivity contribution in [3.63, 3.8) is 0 Å². The minimum absolute atomic E-state index is 0.0581. The number of likely N-dealkylation sites (tertiary alicyclic amines) is 1. The molecule has 0 saturated carbocycles. The number of sulfonamides is 1. The van der Waals surface area contributed by atoms with Gasteiger partial charge in [0.05, 0.1) is 5.69 Å². The Balaban J connectivity index is 2.19. The first-order valence-electron chi connectivity index (χ1n) is 7.32. The van der Waals surface area contributed by atoms with E-state index in [9.17, 15) is 8.42 Å². The zero-order valence-electron chi connectivity index (χ0n) is 12.9. The fourth-order valence-corrected chi connectivity index (χ4v) is 4.30. The first-order chi connectivity index (χ1) is 10.0. The molecule has 118 valence electrons. The van der Waals surface area contributed by atoms with E-state index in [-0.39, 0.29) is 10.9 Å². The van der Waals surface area contributed by atoms with Crippen molar-refractivity contribution in [1.82, 2.24) is 14.2 Å². The van der Waals surface area contributed by atoms with E-state index in [1.165, 1.54) is 10.5 Å². The highest BCUT2D eigenvalue weighted by Gasteiger charge is 2.32. The number of hydrogen-bond donors (Lipinski definition) is 1. The van der Waals surface area contributed by atoms with E-state index in [4.69, 9.17) is 0 Å². The topological polar surface area (TPSA) is 65.5 Å². The van der Waals surface area contributed by atoms with Gasteiger partial charge in [0.2, 0.25) is 10.0 Å². The van der Waals surface area contributed by atoms with E-state index in [0.717, 1.165) is 32.5 Å². The lowest BCUT2D eigenvalue weighted by atomic mass is 10.1. The van der Waals surface area contributed by atoms with Crippen molar-refractivity contribution < 1.29 is 8.42 Å². The highest BCUT2D eigenvalue weighted by molar-refractivity contribution is 7.89. The van der Waals surface area contributed by atoms with Crippen molar-refractivity contribution in [2.24, 2.45) is 0 Å². The lowest BCUT2D eigenvalue weighted by Gasteiger charge is -2.35. The van der Waals surface area contributed by atoms with E-state index in [1.807, 2.05) is 0 Å². The van der Waals surface area contributed by atoms with Gasteiger partial charge in [-0.15, -0.1) is 0 Å². The zero-order chi connectivity index (χ0) is 15.5. The van der Waals surface area contributed by atoms with Crippen molar-refractivity contribution in [3.8, 4) is 0 Å². The van der Waals surface area contributed by atoms with Gasteiger partial charge in [-0.25, -0.2) is 8.42 Å². The highest BCUT2D eigenvalue weighted by Crippen LogP contribution is 2.26. The predicted octanol–water partition coefficient (Wildman–Crippen LogP) is 1.23. The molecule has 1 fully saturated rings. The van der Waals surface area contributed by atoms with Crippen molar-refractivity contribution in [2.45, 2.75) is 30.7 Å². The van der Waals surface area contributed by atoms with Crippen LogP contribution in [0.4, 0.5) is 5.69 Å². The molecule has 1 aliphatic heterocycles. The van der Waals surface area contributed by atoms with E-state index >= 15 is 0 Å². The molecule has 1 aromatic rings. The van der Waals surface area contributed by atoms with Crippen LogP contribution in [0.5, 0.6) is 0 Å². The van der Waals surface area contributed by atoms with Crippen LogP contribution in [0.25, 0.3) is 0 Å². The molecule has 21 heavy (non-hydrogen) atoms. The standard InChI is InChI=1S/C14H24N4O2S/c1-4-18-9-6-12(7-10-18)17(3)21(19,20)14-11-16-8-5-13(14)15-2/h5,8,11-12H,4,6-7,9-10H2,1-3H3,(H,15,16). The van der Waals surface area contributed by atoms with Crippen LogP contribution in [0, 0.1) is 0 Å². The van der Waals surface area contributed by atoms with Crippen molar-refractivity contribution in [3.05, 3.63) is 18.5 Å².